The molecule has 16 heavy (non-hydrogen) atoms. The van der Waals surface area contributed by atoms with Gasteiger partial charge in [-0.2, -0.15) is 11.8 Å². The van der Waals surface area contributed by atoms with E-state index in [1.807, 2.05) is 11.8 Å². The maximum absolute atomic E-state index is 11.8. The summed E-state index contributed by atoms with van der Waals surface area (Å²) in [5, 5.41) is 8.81. The number of amides is 1. The third kappa shape index (κ3) is 3.70. The second-order valence-electron chi connectivity index (χ2n) is 4.28. The van der Waals surface area contributed by atoms with Crippen LogP contribution in [0.2, 0.25) is 0 Å². The molecule has 1 atom stereocenters. The number of carboxylic acid groups (broad SMARTS) is 1. The minimum Gasteiger partial charge on any atom is -0.480 e. The summed E-state index contributed by atoms with van der Waals surface area (Å²) >= 11 is 1.93. The standard InChI is InChI=1S/C11H19NO3S/c1-8(11(14)15)12(2)10(13)7-9-3-5-16-6-4-9/h8-9H,3-7H2,1-2H3,(H,14,15). The molecule has 1 N–H and O–H groups in total. The third-order valence-electron chi connectivity index (χ3n) is 3.14. The highest BCUT2D eigenvalue weighted by Crippen LogP contribution is 2.25. The van der Waals surface area contributed by atoms with Crippen LogP contribution in [-0.2, 0) is 9.59 Å². The van der Waals surface area contributed by atoms with Gasteiger partial charge in [0.25, 0.3) is 0 Å². The topological polar surface area (TPSA) is 57.6 Å². The van der Waals surface area contributed by atoms with Crippen molar-refractivity contribution in [2.45, 2.75) is 32.2 Å². The molecular formula is C11H19NO3S. The van der Waals surface area contributed by atoms with Gasteiger partial charge in [-0.3, -0.25) is 4.79 Å². The van der Waals surface area contributed by atoms with Crippen molar-refractivity contribution in [2.75, 3.05) is 18.6 Å². The summed E-state index contributed by atoms with van der Waals surface area (Å²) in [5.74, 6) is 1.69. The Hall–Kier alpha value is -0.710. The van der Waals surface area contributed by atoms with Crippen LogP contribution in [0.15, 0.2) is 0 Å². The number of carboxylic acids is 1. The van der Waals surface area contributed by atoms with Gasteiger partial charge in [0.2, 0.25) is 5.91 Å². The Morgan fingerprint density at radius 3 is 2.50 bits per heavy atom. The zero-order valence-electron chi connectivity index (χ0n) is 9.81. The van der Waals surface area contributed by atoms with Gasteiger partial charge in [-0.05, 0) is 37.2 Å². The molecule has 1 amide bonds. The van der Waals surface area contributed by atoms with Crippen molar-refractivity contribution in [1.82, 2.24) is 4.90 Å². The zero-order valence-corrected chi connectivity index (χ0v) is 10.6. The van der Waals surface area contributed by atoms with Crippen molar-refractivity contribution >= 4 is 23.6 Å². The molecule has 0 aromatic heterocycles. The van der Waals surface area contributed by atoms with Crippen LogP contribution < -0.4 is 0 Å². The Kier molecular flexibility index (Phi) is 5.12. The van der Waals surface area contributed by atoms with E-state index in [-0.39, 0.29) is 5.91 Å². The highest BCUT2D eigenvalue weighted by atomic mass is 32.2. The fraction of sp³-hybridized carbons (Fsp3) is 0.818. The number of likely N-dealkylation sites (N-methyl/N-ethyl adjacent to an activating group) is 1. The number of rotatable bonds is 4. The van der Waals surface area contributed by atoms with Crippen LogP contribution in [0.1, 0.15) is 26.2 Å². The first-order valence-corrected chi connectivity index (χ1v) is 6.74. The van der Waals surface area contributed by atoms with E-state index in [4.69, 9.17) is 5.11 Å². The molecule has 1 aliphatic rings. The number of aliphatic carboxylic acids is 1. The zero-order chi connectivity index (χ0) is 12.1. The van der Waals surface area contributed by atoms with Crippen molar-refractivity contribution in [3.63, 3.8) is 0 Å². The Morgan fingerprint density at radius 1 is 1.44 bits per heavy atom. The van der Waals surface area contributed by atoms with Crippen LogP contribution in [0.5, 0.6) is 0 Å². The minimum absolute atomic E-state index is 0.0493. The molecule has 1 saturated heterocycles. The van der Waals surface area contributed by atoms with E-state index in [1.54, 1.807) is 7.05 Å². The lowest BCUT2D eigenvalue weighted by atomic mass is 9.98. The largest absolute Gasteiger partial charge is 0.480 e. The summed E-state index contributed by atoms with van der Waals surface area (Å²) in [6.07, 6.45) is 2.64. The molecule has 1 unspecified atom stereocenters. The SMILES string of the molecule is CC(C(=O)O)N(C)C(=O)CC1CCSCC1. The van der Waals surface area contributed by atoms with Crippen molar-refractivity contribution in [1.29, 1.82) is 0 Å². The van der Waals surface area contributed by atoms with Gasteiger partial charge in [0.05, 0.1) is 0 Å². The second kappa shape index (κ2) is 6.13. The van der Waals surface area contributed by atoms with Gasteiger partial charge in [-0.15, -0.1) is 0 Å². The summed E-state index contributed by atoms with van der Waals surface area (Å²) in [4.78, 5) is 23.9. The molecule has 1 rings (SSSR count). The predicted molar refractivity (Wildman–Crippen MR) is 64.5 cm³/mol. The van der Waals surface area contributed by atoms with Gasteiger partial charge in [0.15, 0.2) is 0 Å². The number of nitrogens with zero attached hydrogens (tertiary/aromatic N) is 1. The van der Waals surface area contributed by atoms with Crippen LogP contribution in [0.25, 0.3) is 0 Å². The quantitative estimate of drug-likeness (QED) is 0.814. The predicted octanol–water partition coefficient (Wildman–Crippen LogP) is 1.45. The van der Waals surface area contributed by atoms with Gasteiger partial charge in [0, 0.05) is 13.5 Å². The Labute approximate surface area is 100 Å². The molecule has 4 nitrogen and oxygen atoms in total. The van der Waals surface area contributed by atoms with E-state index in [9.17, 15) is 9.59 Å². The maximum Gasteiger partial charge on any atom is 0.326 e. The minimum atomic E-state index is -0.949. The fourth-order valence-corrected chi connectivity index (χ4v) is 2.93. The number of hydrogen-bond donors (Lipinski definition) is 1. The first kappa shape index (κ1) is 13.4. The molecule has 1 heterocycles. The van der Waals surface area contributed by atoms with Crippen LogP contribution in [-0.4, -0.2) is 46.5 Å². The lowest BCUT2D eigenvalue weighted by molar-refractivity contribution is -0.148. The van der Waals surface area contributed by atoms with E-state index in [2.05, 4.69) is 0 Å². The molecule has 0 radical (unpaired) electrons. The number of thioether (sulfide) groups is 1. The van der Waals surface area contributed by atoms with Crippen LogP contribution in [0.3, 0.4) is 0 Å². The van der Waals surface area contributed by atoms with Gasteiger partial charge in [-0.25, -0.2) is 4.79 Å². The third-order valence-corrected chi connectivity index (χ3v) is 4.18. The number of carbonyl (C=O) groups excluding carboxylic acids is 1. The number of hydrogen-bond acceptors (Lipinski definition) is 3. The summed E-state index contributed by atoms with van der Waals surface area (Å²) in [6, 6.07) is -0.731. The Morgan fingerprint density at radius 2 is 2.00 bits per heavy atom. The summed E-state index contributed by atoms with van der Waals surface area (Å²) < 4.78 is 0. The maximum atomic E-state index is 11.8. The van der Waals surface area contributed by atoms with Gasteiger partial charge >= 0.3 is 5.97 Å². The van der Waals surface area contributed by atoms with Crippen LogP contribution in [0.4, 0.5) is 0 Å². The second-order valence-corrected chi connectivity index (χ2v) is 5.50. The Balaban J connectivity index is 2.41. The first-order chi connectivity index (χ1) is 7.52. The molecule has 0 aromatic carbocycles. The average molecular weight is 245 g/mol. The van der Waals surface area contributed by atoms with Gasteiger partial charge in [-0.1, -0.05) is 0 Å². The lowest BCUT2D eigenvalue weighted by Gasteiger charge is -2.26. The first-order valence-electron chi connectivity index (χ1n) is 5.58. The van der Waals surface area contributed by atoms with E-state index < -0.39 is 12.0 Å². The van der Waals surface area contributed by atoms with Crippen molar-refractivity contribution in [3.05, 3.63) is 0 Å². The molecule has 0 bridgehead atoms. The van der Waals surface area contributed by atoms with Crippen molar-refractivity contribution in [3.8, 4) is 0 Å². The van der Waals surface area contributed by atoms with Gasteiger partial charge < -0.3 is 10.0 Å². The van der Waals surface area contributed by atoms with Crippen molar-refractivity contribution < 1.29 is 14.7 Å². The smallest absolute Gasteiger partial charge is 0.326 e. The van der Waals surface area contributed by atoms with E-state index in [0.29, 0.717) is 12.3 Å². The van der Waals surface area contributed by atoms with E-state index in [1.165, 1.54) is 11.8 Å². The highest BCUT2D eigenvalue weighted by molar-refractivity contribution is 7.99. The van der Waals surface area contributed by atoms with Crippen LogP contribution in [0, 0.1) is 5.92 Å². The number of carbonyl (C=O) groups is 2. The molecule has 0 aliphatic carbocycles. The molecule has 0 aromatic rings. The molecule has 0 spiro atoms. The van der Waals surface area contributed by atoms with E-state index >= 15 is 0 Å². The molecule has 92 valence electrons. The monoisotopic (exact) mass is 245 g/mol. The Bertz CT molecular complexity index is 264. The molecular weight excluding hydrogens is 226 g/mol. The van der Waals surface area contributed by atoms with Gasteiger partial charge in [0.1, 0.15) is 6.04 Å². The highest BCUT2D eigenvalue weighted by Gasteiger charge is 2.24. The van der Waals surface area contributed by atoms with Crippen LogP contribution >= 0.6 is 11.8 Å². The summed E-state index contributed by atoms with van der Waals surface area (Å²) in [7, 11) is 1.57. The lowest BCUT2D eigenvalue weighted by Crippen LogP contribution is -2.41. The molecule has 0 saturated carbocycles. The molecule has 5 heteroatoms. The normalized spacial score (nSPS) is 19.1. The van der Waals surface area contributed by atoms with Crippen molar-refractivity contribution in [2.24, 2.45) is 5.92 Å². The molecule has 1 aliphatic heterocycles. The average Bonchev–Trinajstić information content (AvgIpc) is 2.28. The van der Waals surface area contributed by atoms with E-state index in [0.717, 1.165) is 24.3 Å². The summed E-state index contributed by atoms with van der Waals surface area (Å²) in [6.45, 7) is 1.54. The molecule has 1 fully saturated rings. The fourth-order valence-electron chi connectivity index (χ4n) is 1.72. The summed E-state index contributed by atoms with van der Waals surface area (Å²) in [5.41, 5.74) is 0.